The summed E-state index contributed by atoms with van der Waals surface area (Å²) in [6.45, 7) is 0. The van der Waals surface area contributed by atoms with Crippen LogP contribution in [-0.2, 0) is 0 Å². The van der Waals surface area contributed by atoms with Crippen molar-refractivity contribution in [1.82, 2.24) is 9.97 Å². The average Bonchev–Trinajstić information content (AvgIpc) is 2.90. The van der Waals surface area contributed by atoms with Gasteiger partial charge < -0.3 is 10.6 Å². The maximum Gasteiger partial charge on any atom is 0.222 e. The molecule has 1 aliphatic carbocycles. The highest BCUT2D eigenvalue weighted by Gasteiger charge is 2.22. The normalized spacial score (nSPS) is 16.3. The average molecular weight is 242 g/mol. The lowest BCUT2D eigenvalue weighted by atomic mass is 10.2. The van der Waals surface area contributed by atoms with Crippen LogP contribution < -0.4 is 10.6 Å². The third-order valence-corrected chi connectivity index (χ3v) is 3.81. The van der Waals surface area contributed by atoms with Crippen LogP contribution in [0.25, 0.3) is 10.9 Å². The molecule has 1 saturated carbocycles. The molecule has 0 saturated heterocycles. The van der Waals surface area contributed by atoms with Crippen molar-refractivity contribution >= 4 is 22.7 Å². The van der Waals surface area contributed by atoms with Crippen LogP contribution in [0.3, 0.4) is 0 Å². The van der Waals surface area contributed by atoms with Crippen molar-refractivity contribution in [2.75, 3.05) is 17.7 Å². The van der Waals surface area contributed by atoms with Gasteiger partial charge in [-0.1, -0.05) is 25.0 Å². The number of aromatic nitrogens is 2. The second kappa shape index (κ2) is 4.44. The number of hydrogen-bond donors (Lipinski definition) is 1. The van der Waals surface area contributed by atoms with Gasteiger partial charge in [0.05, 0.1) is 5.52 Å². The zero-order valence-electron chi connectivity index (χ0n) is 10.6. The predicted molar refractivity (Wildman–Crippen MR) is 74.6 cm³/mol. The van der Waals surface area contributed by atoms with Gasteiger partial charge in [-0.25, -0.2) is 4.98 Å². The minimum Gasteiger partial charge on any atom is -0.368 e. The van der Waals surface area contributed by atoms with Gasteiger partial charge in [0.25, 0.3) is 0 Å². The van der Waals surface area contributed by atoms with Gasteiger partial charge in [-0.15, -0.1) is 0 Å². The first kappa shape index (κ1) is 11.3. The van der Waals surface area contributed by atoms with Crippen molar-refractivity contribution in [2.24, 2.45) is 0 Å². The Hall–Kier alpha value is -1.84. The number of rotatable bonds is 2. The monoisotopic (exact) mass is 242 g/mol. The Bertz CT molecular complexity index is 561. The Kier molecular flexibility index (Phi) is 2.78. The van der Waals surface area contributed by atoms with Gasteiger partial charge in [0, 0.05) is 18.5 Å². The van der Waals surface area contributed by atoms with Crippen LogP contribution >= 0.6 is 0 Å². The van der Waals surface area contributed by atoms with Crippen LogP contribution in [0.2, 0.25) is 0 Å². The Morgan fingerprint density at radius 1 is 1.17 bits per heavy atom. The van der Waals surface area contributed by atoms with Gasteiger partial charge in [-0.05, 0) is 25.0 Å². The maximum absolute atomic E-state index is 5.81. The van der Waals surface area contributed by atoms with Gasteiger partial charge >= 0.3 is 0 Å². The van der Waals surface area contributed by atoms with Gasteiger partial charge in [-0.2, -0.15) is 4.98 Å². The van der Waals surface area contributed by atoms with E-state index < -0.39 is 0 Å². The van der Waals surface area contributed by atoms with E-state index in [1.165, 1.54) is 25.7 Å². The van der Waals surface area contributed by atoms with Gasteiger partial charge in [0.2, 0.25) is 5.95 Å². The number of anilines is 2. The Labute approximate surface area is 107 Å². The van der Waals surface area contributed by atoms with Crippen LogP contribution in [0.5, 0.6) is 0 Å². The number of nitrogen functional groups attached to an aromatic ring is 1. The maximum atomic E-state index is 5.81. The molecule has 18 heavy (non-hydrogen) atoms. The van der Waals surface area contributed by atoms with E-state index >= 15 is 0 Å². The van der Waals surface area contributed by atoms with Crippen LogP contribution in [0, 0.1) is 0 Å². The van der Waals surface area contributed by atoms with E-state index in [1.54, 1.807) is 0 Å². The van der Waals surface area contributed by atoms with Crippen molar-refractivity contribution in [3.63, 3.8) is 0 Å². The molecule has 0 spiro atoms. The molecule has 94 valence electrons. The van der Waals surface area contributed by atoms with E-state index in [0.29, 0.717) is 12.0 Å². The molecule has 1 fully saturated rings. The highest BCUT2D eigenvalue weighted by atomic mass is 15.2. The summed E-state index contributed by atoms with van der Waals surface area (Å²) in [5.74, 6) is 1.32. The standard InChI is InChI=1S/C14H18N4/c1-18(10-6-2-3-7-10)13-11-8-4-5-9-12(11)16-14(15)17-13/h4-5,8-10H,2-3,6-7H2,1H3,(H2,15,16,17). The fourth-order valence-electron chi connectivity index (χ4n) is 2.81. The predicted octanol–water partition coefficient (Wildman–Crippen LogP) is 2.59. The van der Waals surface area contributed by atoms with E-state index in [9.17, 15) is 0 Å². The van der Waals surface area contributed by atoms with E-state index in [-0.39, 0.29) is 0 Å². The topological polar surface area (TPSA) is 55.0 Å². The summed E-state index contributed by atoms with van der Waals surface area (Å²) in [5, 5.41) is 1.08. The van der Waals surface area contributed by atoms with Crippen molar-refractivity contribution in [3.05, 3.63) is 24.3 Å². The summed E-state index contributed by atoms with van der Waals surface area (Å²) in [7, 11) is 2.12. The largest absolute Gasteiger partial charge is 0.368 e. The smallest absolute Gasteiger partial charge is 0.222 e. The molecule has 4 heteroatoms. The first-order chi connectivity index (χ1) is 8.75. The Morgan fingerprint density at radius 2 is 1.89 bits per heavy atom. The van der Waals surface area contributed by atoms with Gasteiger partial charge in [0.1, 0.15) is 5.82 Å². The number of para-hydroxylation sites is 1. The van der Waals surface area contributed by atoms with Crippen molar-refractivity contribution in [3.8, 4) is 0 Å². The third-order valence-electron chi connectivity index (χ3n) is 3.81. The first-order valence-corrected chi connectivity index (χ1v) is 6.51. The lowest BCUT2D eigenvalue weighted by molar-refractivity contribution is 0.648. The molecule has 1 heterocycles. The molecule has 0 radical (unpaired) electrons. The van der Waals surface area contributed by atoms with E-state index in [0.717, 1.165) is 16.7 Å². The molecule has 0 atom stereocenters. The van der Waals surface area contributed by atoms with E-state index in [2.05, 4.69) is 28.0 Å². The second-order valence-electron chi connectivity index (χ2n) is 4.97. The molecule has 0 bridgehead atoms. The van der Waals surface area contributed by atoms with Crippen molar-refractivity contribution in [1.29, 1.82) is 0 Å². The van der Waals surface area contributed by atoms with Crippen LogP contribution in [-0.4, -0.2) is 23.1 Å². The molecule has 2 N–H and O–H groups in total. The molecular formula is C14H18N4. The number of benzene rings is 1. The molecule has 1 aliphatic rings. The zero-order valence-corrected chi connectivity index (χ0v) is 10.6. The molecule has 0 unspecified atom stereocenters. The van der Waals surface area contributed by atoms with Crippen LogP contribution in [0.4, 0.5) is 11.8 Å². The number of fused-ring (bicyclic) bond motifs is 1. The summed E-state index contributed by atoms with van der Waals surface area (Å²) in [4.78, 5) is 11.0. The zero-order chi connectivity index (χ0) is 12.5. The number of nitrogens with zero attached hydrogens (tertiary/aromatic N) is 3. The highest BCUT2D eigenvalue weighted by Crippen LogP contribution is 2.30. The number of nitrogens with two attached hydrogens (primary N) is 1. The molecule has 1 aromatic carbocycles. The van der Waals surface area contributed by atoms with Gasteiger partial charge in [0.15, 0.2) is 0 Å². The second-order valence-corrected chi connectivity index (χ2v) is 4.97. The van der Waals surface area contributed by atoms with Crippen LogP contribution in [0.15, 0.2) is 24.3 Å². The molecule has 0 amide bonds. The number of hydrogen-bond acceptors (Lipinski definition) is 4. The van der Waals surface area contributed by atoms with E-state index in [1.807, 2.05) is 18.2 Å². The molecular weight excluding hydrogens is 224 g/mol. The highest BCUT2D eigenvalue weighted by molar-refractivity contribution is 5.90. The van der Waals surface area contributed by atoms with E-state index in [4.69, 9.17) is 5.73 Å². The molecule has 2 aromatic rings. The molecule has 4 nitrogen and oxygen atoms in total. The lowest BCUT2D eigenvalue weighted by Crippen LogP contribution is -2.30. The summed E-state index contributed by atoms with van der Waals surface area (Å²) in [6.07, 6.45) is 5.12. The van der Waals surface area contributed by atoms with Crippen LogP contribution in [0.1, 0.15) is 25.7 Å². The fourth-order valence-corrected chi connectivity index (χ4v) is 2.81. The van der Waals surface area contributed by atoms with Crippen molar-refractivity contribution in [2.45, 2.75) is 31.7 Å². The SMILES string of the molecule is CN(c1nc(N)nc2ccccc12)C1CCCC1. The lowest BCUT2D eigenvalue weighted by Gasteiger charge is -2.26. The minimum atomic E-state index is 0.355. The third kappa shape index (κ3) is 1.88. The molecule has 3 rings (SSSR count). The Balaban J connectivity index is 2.09. The Morgan fingerprint density at radius 3 is 2.67 bits per heavy atom. The molecule has 0 aliphatic heterocycles. The minimum absolute atomic E-state index is 0.355. The summed E-state index contributed by atoms with van der Waals surface area (Å²) in [5.41, 5.74) is 6.73. The first-order valence-electron chi connectivity index (χ1n) is 6.51. The molecule has 1 aromatic heterocycles. The fraction of sp³-hybridized carbons (Fsp3) is 0.429. The van der Waals surface area contributed by atoms with Crippen molar-refractivity contribution < 1.29 is 0 Å². The van der Waals surface area contributed by atoms with Gasteiger partial charge in [-0.3, -0.25) is 0 Å². The summed E-state index contributed by atoms with van der Waals surface area (Å²) >= 11 is 0. The summed E-state index contributed by atoms with van der Waals surface area (Å²) < 4.78 is 0. The quantitative estimate of drug-likeness (QED) is 0.879. The summed E-state index contributed by atoms with van der Waals surface area (Å²) in [6, 6.07) is 8.64.